The predicted molar refractivity (Wildman–Crippen MR) is 125 cm³/mol. The van der Waals surface area contributed by atoms with Crippen LogP contribution in [0.4, 0.5) is 0 Å². The Kier molecular flexibility index (Phi) is 7.83. The van der Waals surface area contributed by atoms with Gasteiger partial charge >= 0.3 is 0 Å². The monoisotopic (exact) mass is 453 g/mol. The summed E-state index contributed by atoms with van der Waals surface area (Å²) in [5, 5.41) is 10.7. The van der Waals surface area contributed by atoms with Crippen molar-refractivity contribution in [3.05, 3.63) is 87.4 Å². The van der Waals surface area contributed by atoms with Gasteiger partial charge in [-0.15, -0.1) is 0 Å². The number of nitrogens with zero attached hydrogens (tertiary/aromatic N) is 1. The minimum Gasteiger partial charge on any atom is -0.497 e. The average Bonchev–Trinajstić information content (AvgIpc) is 2.78. The maximum atomic E-state index is 9.62. The van der Waals surface area contributed by atoms with E-state index in [-0.39, 0.29) is 6.61 Å². The zero-order valence-electron chi connectivity index (χ0n) is 17.2. The topological polar surface area (TPSA) is 51.5 Å². The van der Waals surface area contributed by atoms with Crippen molar-refractivity contribution >= 4 is 34.9 Å². The number of allylic oxidation sites excluding steroid dienone is 1. The largest absolute Gasteiger partial charge is 0.497 e. The summed E-state index contributed by atoms with van der Waals surface area (Å²) in [5.74, 6) is 1.92. The maximum absolute atomic E-state index is 9.62. The van der Waals surface area contributed by atoms with E-state index >= 15 is 0 Å². The summed E-state index contributed by atoms with van der Waals surface area (Å²) in [7, 11) is 1.61. The van der Waals surface area contributed by atoms with Gasteiger partial charge < -0.3 is 14.2 Å². The Labute approximate surface area is 192 Å². The van der Waals surface area contributed by atoms with Gasteiger partial charge in [-0.1, -0.05) is 35.3 Å². The summed E-state index contributed by atoms with van der Waals surface area (Å²) < 4.78 is 16.9. The maximum Gasteiger partial charge on any atom is 0.161 e. The van der Waals surface area contributed by atoms with E-state index in [1.54, 1.807) is 19.2 Å². The molecule has 0 atom stereocenters. The number of halogens is 2. The standard InChI is InChI=1S/C25H21Cl2NO3/c1-3-30-25-13-17(12-20(15-28)18-6-9-22(29-2)10-7-18)4-11-24(25)31-16-19-5-8-21(26)14-23(19)27/h4-14H,3,16H2,1-2H3/b20-12+. The first-order chi connectivity index (χ1) is 15.0. The molecule has 158 valence electrons. The van der Waals surface area contributed by atoms with Gasteiger partial charge in [0.15, 0.2) is 11.5 Å². The number of ether oxygens (including phenoxy) is 3. The molecule has 0 aliphatic heterocycles. The van der Waals surface area contributed by atoms with Crippen molar-refractivity contribution in [2.45, 2.75) is 13.5 Å². The number of hydrogen-bond acceptors (Lipinski definition) is 4. The highest BCUT2D eigenvalue weighted by Gasteiger charge is 2.10. The van der Waals surface area contributed by atoms with Crippen LogP contribution in [0.5, 0.6) is 17.2 Å². The number of hydrogen-bond donors (Lipinski definition) is 0. The van der Waals surface area contributed by atoms with E-state index < -0.39 is 0 Å². The lowest BCUT2D eigenvalue weighted by Gasteiger charge is -2.13. The van der Waals surface area contributed by atoms with E-state index in [0.29, 0.717) is 33.7 Å². The van der Waals surface area contributed by atoms with Crippen molar-refractivity contribution in [1.29, 1.82) is 5.26 Å². The van der Waals surface area contributed by atoms with E-state index in [1.165, 1.54) is 0 Å². The molecular formula is C25H21Cl2NO3. The number of nitriles is 1. The van der Waals surface area contributed by atoms with E-state index in [1.807, 2.05) is 61.5 Å². The number of benzene rings is 3. The normalized spacial score (nSPS) is 11.0. The summed E-state index contributed by atoms with van der Waals surface area (Å²) in [6.45, 7) is 2.66. The SMILES string of the molecule is CCOc1cc(/C=C(\C#N)c2ccc(OC)cc2)ccc1OCc1ccc(Cl)cc1Cl. The molecule has 0 N–H and O–H groups in total. The molecule has 0 heterocycles. The molecule has 3 rings (SSSR count). The third-order valence-corrected chi connectivity index (χ3v) is 5.09. The molecule has 0 radical (unpaired) electrons. The van der Waals surface area contributed by atoms with Crippen LogP contribution in [-0.2, 0) is 6.61 Å². The Hall–Kier alpha value is -3.13. The molecule has 0 aliphatic carbocycles. The molecule has 0 saturated heterocycles. The first kappa shape index (κ1) is 22.6. The van der Waals surface area contributed by atoms with Gasteiger partial charge in [0, 0.05) is 15.6 Å². The molecule has 3 aromatic rings. The van der Waals surface area contributed by atoms with Gasteiger partial charge in [0.05, 0.1) is 25.4 Å². The molecule has 0 spiro atoms. The van der Waals surface area contributed by atoms with Crippen molar-refractivity contribution in [3.8, 4) is 23.3 Å². The van der Waals surface area contributed by atoms with Crippen molar-refractivity contribution in [1.82, 2.24) is 0 Å². The third-order valence-electron chi connectivity index (χ3n) is 4.50. The van der Waals surface area contributed by atoms with Gasteiger partial charge in [-0.25, -0.2) is 0 Å². The smallest absolute Gasteiger partial charge is 0.161 e. The van der Waals surface area contributed by atoms with Crippen molar-refractivity contribution in [3.63, 3.8) is 0 Å². The fourth-order valence-electron chi connectivity index (χ4n) is 2.91. The lowest BCUT2D eigenvalue weighted by atomic mass is 10.0. The van der Waals surface area contributed by atoms with Crippen molar-refractivity contribution in [2.24, 2.45) is 0 Å². The zero-order valence-corrected chi connectivity index (χ0v) is 18.7. The van der Waals surface area contributed by atoms with Crippen LogP contribution in [0.3, 0.4) is 0 Å². The first-order valence-electron chi connectivity index (χ1n) is 9.63. The summed E-state index contributed by atoms with van der Waals surface area (Å²) in [6, 6.07) is 20.4. The van der Waals surface area contributed by atoms with Crippen molar-refractivity contribution in [2.75, 3.05) is 13.7 Å². The third kappa shape index (κ3) is 5.95. The van der Waals surface area contributed by atoms with Gasteiger partial charge in [-0.2, -0.15) is 5.26 Å². The molecule has 6 heteroatoms. The van der Waals surface area contributed by atoms with Crippen LogP contribution < -0.4 is 14.2 Å². The second-order valence-electron chi connectivity index (χ2n) is 6.56. The lowest BCUT2D eigenvalue weighted by Crippen LogP contribution is -2.00. The molecule has 3 aromatic carbocycles. The van der Waals surface area contributed by atoms with Crippen LogP contribution in [0.1, 0.15) is 23.6 Å². The van der Waals surface area contributed by atoms with Gasteiger partial charge in [0.2, 0.25) is 0 Å². The van der Waals surface area contributed by atoms with E-state index in [0.717, 1.165) is 22.4 Å². The van der Waals surface area contributed by atoms with Gasteiger partial charge in [0.25, 0.3) is 0 Å². The Morgan fingerprint density at radius 1 is 0.968 bits per heavy atom. The summed E-state index contributed by atoms with van der Waals surface area (Å²) >= 11 is 12.2. The Morgan fingerprint density at radius 2 is 1.74 bits per heavy atom. The second-order valence-corrected chi connectivity index (χ2v) is 7.41. The van der Waals surface area contributed by atoms with Gasteiger partial charge in [-0.05, 0) is 72.7 Å². The number of methoxy groups -OCH3 is 1. The predicted octanol–water partition coefficient (Wildman–Crippen LogP) is 7.04. The molecule has 0 aromatic heterocycles. The molecule has 0 bridgehead atoms. The molecule has 0 aliphatic rings. The van der Waals surface area contributed by atoms with Crippen LogP contribution in [0.2, 0.25) is 10.0 Å². The molecule has 0 saturated carbocycles. The van der Waals surface area contributed by atoms with Crippen molar-refractivity contribution < 1.29 is 14.2 Å². The Morgan fingerprint density at radius 3 is 2.39 bits per heavy atom. The fourth-order valence-corrected chi connectivity index (χ4v) is 3.38. The molecular weight excluding hydrogens is 433 g/mol. The van der Waals surface area contributed by atoms with Crippen LogP contribution >= 0.6 is 23.2 Å². The molecule has 4 nitrogen and oxygen atoms in total. The van der Waals surface area contributed by atoms with E-state index in [4.69, 9.17) is 37.4 Å². The highest BCUT2D eigenvalue weighted by Crippen LogP contribution is 2.32. The average molecular weight is 454 g/mol. The molecule has 0 amide bonds. The first-order valence-corrected chi connectivity index (χ1v) is 10.4. The highest BCUT2D eigenvalue weighted by molar-refractivity contribution is 6.35. The number of rotatable bonds is 8. The minimum atomic E-state index is 0.278. The van der Waals surface area contributed by atoms with Crippen LogP contribution in [0, 0.1) is 11.3 Å². The summed E-state index contributed by atoms with van der Waals surface area (Å²) in [4.78, 5) is 0. The second kappa shape index (κ2) is 10.8. The lowest BCUT2D eigenvalue weighted by molar-refractivity contribution is 0.269. The Bertz CT molecular complexity index is 1120. The van der Waals surface area contributed by atoms with Crippen LogP contribution in [0.25, 0.3) is 11.6 Å². The Balaban J connectivity index is 1.84. The van der Waals surface area contributed by atoms with Gasteiger partial charge in [-0.3, -0.25) is 0 Å². The van der Waals surface area contributed by atoms with Crippen LogP contribution in [-0.4, -0.2) is 13.7 Å². The van der Waals surface area contributed by atoms with Crippen LogP contribution in [0.15, 0.2) is 60.7 Å². The van der Waals surface area contributed by atoms with E-state index in [9.17, 15) is 5.26 Å². The molecule has 0 unspecified atom stereocenters. The quantitative estimate of drug-likeness (QED) is 0.271. The van der Waals surface area contributed by atoms with Gasteiger partial charge in [0.1, 0.15) is 12.4 Å². The molecule has 31 heavy (non-hydrogen) atoms. The fraction of sp³-hybridized carbons (Fsp3) is 0.160. The van der Waals surface area contributed by atoms with E-state index in [2.05, 4.69) is 6.07 Å². The summed E-state index contributed by atoms with van der Waals surface area (Å²) in [6.07, 6.45) is 1.81. The zero-order chi connectivity index (χ0) is 22.2. The summed E-state index contributed by atoms with van der Waals surface area (Å²) in [5.41, 5.74) is 2.99. The molecule has 0 fully saturated rings. The minimum absolute atomic E-state index is 0.278. The highest BCUT2D eigenvalue weighted by atomic mass is 35.5.